The molecule has 16 heteroatoms. The standard InChI is InChI=1S/C23H35N9O6S/c1-22(2,3)38-21(37)24-16-18(35)32-17(23(4,5)39-20(16)32)19(36)29(6-8-30-10-14(12-33)25-27-30)7-9-31-11-15(13-34)26-28-31/h10-11,16-17,20,33-34H,6-9,12-13H2,1-5H3,(H,24,37)/t16-,17+,20-/m1/s1. The second kappa shape index (κ2) is 11.1. The quantitative estimate of drug-likeness (QED) is 0.311. The predicted octanol–water partition coefficient (Wildman–Crippen LogP) is -0.661. The molecule has 4 rings (SSSR count). The third-order valence-electron chi connectivity index (χ3n) is 6.35. The van der Waals surface area contributed by atoms with Crippen LogP contribution < -0.4 is 5.32 Å². The number of nitrogens with zero attached hydrogens (tertiary/aromatic N) is 8. The molecule has 3 atom stereocenters. The Labute approximate surface area is 229 Å². The van der Waals surface area contributed by atoms with Crippen LogP contribution in [0.25, 0.3) is 0 Å². The Morgan fingerprint density at radius 1 is 1.08 bits per heavy atom. The van der Waals surface area contributed by atoms with Gasteiger partial charge in [-0.05, 0) is 34.6 Å². The van der Waals surface area contributed by atoms with Crippen LogP contribution in [0.1, 0.15) is 46.0 Å². The first-order valence-corrected chi connectivity index (χ1v) is 13.5. The highest BCUT2D eigenvalue weighted by Crippen LogP contribution is 2.51. The Hall–Kier alpha value is -3.24. The number of ether oxygens (including phenoxy) is 1. The summed E-state index contributed by atoms with van der Waals surface area (Å²) < 4.78 is 7.76. The largest absolute Gasteiger partial charge is 0.444 e. The first-order chi connectivity index (χ1) is 18.3. The molecule has 3 N–H and O–H groups in total. The van der Waals surface area contributed by atoms with Gasteiger partial charge >= 0.3 is 6.09 Å². The van der Waals surface area contributed by atoms with Crippen molar-refractivity contribution < 1.29 is 29.3 Å². The summed E-state index contributed by atoms with van der Waals surface area (Å²) in [7, 11) is 0. The minimum Gasteiger partial charge on any atom is -0.444 e. The van der Waals surface area contributed by atoms with Gasteiger partial charge in [0.2, 0.25) is 11.8 Å². The molecule has 2 saturated heterocycles. The van der Waals surface area contributed by atoms with Crippen LogP contribution in [0.2, 0.25) is 0 Å². The second-order valence-electron chi connectivity index (χ2n) is 11.0. The minimum absolute atomic E-state index is 0.243. The second-order valence-corrected chi connectivity index (χ2v) is 12.7. The first kappa shape index (κ1) is 28.8. The van der Waals surface area contributed by atoms with Gasteiger partial charge in [-0.3, -0.25) is 19.0 Å². The maximum atomic E-state index is 14.0. The molecular weight excluding hydrogens is 530 g/mol. The molecule has 2 aliphatic heterocycles. The molecule has 2 fully saturated rings. The van der Waals surface area contributed by atoms with Gasteiger partial charge in [0.25, 0.3) is 0 Å². The van der Waals surface area contributed by atoms with Crippen LogP contribution in [0.5, 0.6) is 0 Å². The number of hydrogen-bond donors (Lipinski definition) is 3. The fourth-order valence-corrected chi connectivity index (χ4v) is 6.20. The van der Waals surface area contributed by atoms with Crippen LogP contribution in [0.15, 0.2) is 12.4 Å². The van der Waals surface area contributed by atoms with Crippen LogP contribution in [0, 0.1) is 0 Å². The van der Waals surface area contributed by atoms with E-state index in [0.29, 0.717) is 24.5 Å². The summed E-state index contributed by atoms with van der Waals surface area (Å²) >= 11 is 1.46. The Morgan fingerprint density at radius 2 is 1.62 bits per heavy atom. The summed E-state index contributed by atoms with van der Waals surface area (Å²) in [6.07, 6.45) is 2.52. The minimum atomic E-state index is -0.783. The van der Waals surface area contributed by atoms with Crippen LogP contribution >= 0.6 is 11.8 Å². The van der Waals surface area contributed by atoms with Gasteiger partial charge in [0.1, 0.15) is 34.4 Å². The third kappa shape index (κ3) is 6.33. The number of fused-ring (bicyclic) bond motifs is 1. The van der Waals surface area contributed by atoms with Gasteiger partial charge in [-0.2, -0.15) is 0 Å². The fourth-order valence-electron chi connectivity index (χ4n) is 4.57. The smallest absolute Gasteiger partial charge is 0.408 e. The van der Waals surface area contributed by atoms with Crippen molar-refractivity contribution in [1.82, 2.24) is 45.1 Å². The van der Waals surface area contributed by atoms with E-state index in [1.807, 2.05) is 13.8 Å². The number of carbonyl (C=O) groups is 3. The Kier molecular flexibility index (Phi) is 8.18. The van der Waals surface area contributed by atoms with Gasteiger partial charge in [0.05, 0.1) is 38.7 Å². The average Bonchev–Trinajstić information content (AvgIpc) is 3.57. The number of amides is 3. The number of nitrogens with one attached hydrogen (secondary N) is 1. The Bertz CT molecular complexity index is 1160. The van der Waals surface area contributed by atoms with Crippen molar-refractivity contribution >= 4 is 29.7 Å². The zero-order chi connectivity index (χ0) is 28.5. The van der Waals surface area contributed by atoms with Crippen molar-refractivity contribution in [2.24, 2.45) is 0 Å². The van der Waals surface area contributed by atoms with E-state index in [0.717, 1.165) is 0 Å². The number of carbonyl (C=O) groups excluding carboxylic acids is 3. The summed E-state index contributed by atoms with van der Waals surface area (Å²) in [5.41, 5.74) is 0.123. The van der Waals surface area contributed by atoms with Crippen LogP contribution in [-0.2, 0) is 40.6 Å². The molecule has 0 bridgehead atoms. The zero-order valence-electron chi connectivity index (χ0n) is 22.6. The molecule has 0 radical (unpaired) electrons. The van der Waals surface area contributed by atoms with Crippen molar-refractivity contribution in [3.63, 3.8) is 0 Å². The number of alkyl carbamates (subject to hydrolysis) is 1. The summed E-state index contributed by atoms with van der Waals surface area (Å²) in [6.45, 7) is 9.71. The summed E-state index contributed by atoms with van der Waals surface area (Å²) in [5.74, 6) is -0.584. The number of aliphatic hydroxyl groups is 2. The third-order valence-corrected chi connectivity index (χ3v) is 7.92. The molecule has 214 valence electrons. The summed E-state index contributed by atoms with van der Waals surface area (Å²) in [4.78, 5) is 42.7. The lowest BCUT2D eigenvalue weighted by Gasteiger charge is -2.45. The van der Waals surface area contributed by atoms with Crippen molar-refractivity contribution in [1.29, 1.82) is 0 Å². The molecule has 0 saturated carbocycles. The number of rotatable bonds is 10. The molecule has 0 spiro atoms. The number of aliphatic hydroxyl groups excluding tert-OH is 2. The van der Waals surface area contributed by atoms with E-state index in [-0.39, 0.29) is 38.1 Å². The van der Waals surface area contributed by atoms with Crippen molar-refractivity contribution in [2.75, 3.05) is 13.1 Å². The highest BCUT2D eigenvalue weighted by molar-refractivity contribution is 8.01. The van der Waals surface area contributed by atoms with E-state index in [2.05, 4.69) is 25.9 Å². The van der Waals surface area contributed by atoms with Crippen LogP contribution in [0.3, 0.4) is 0 Å². The van der Waals surface area contributed by atoms with Crippen molar-refractivity contribution in [2.45, 2.75) is 88.7 Å². The van der Waals surface area contributed by atoms with Crippen LogP contribution in [-0.4, -0.2) is 109 Å². The molecule has 3 amide bonds. The summed E-state index contributed by atoms with van der Waals surface area (Å²) in [5, 5.41) is 36.5. The molecular formula is C23H35N9O6S. The average molecular weight is 566 g/mol. The van der Waals surface area contributed by atoms with E-state index in [1.165, 1.54) is 21.1 Å². The van der Waals surface area contributed by atoms with E-state index >= 15 is 0 Å². The highest BCUT2D eigenvalue weighted by atomic mass is 32.2. The van der Waals surface area contributed by atoms with E-state index in [9.17, 15) is 24.6 Å². The Balaban J connectivity index is 1.49. The lowest BCUT2D eigenvalue weighted by Crippen LogP contribution is -2.71. The molecule has 2 aromatic heterocycles. The maximum absolute atomic E-state index is 14.0. The van der Waals surface area contributed by atoms with Gasteiger partial charge in [-0.1, -0.05) is 10.4 Å². The predicted molar refractivity (Wildman–Crippen MR) is 138 cm³/mol. The van der Waals surface area contributed by atoms with Gasteiger partial charge in [0, 0.05) is 17.8 Å². The number of β-lactam (4-membered cyclic amide) rings is 1. The normalized spacial score (nSPS) is 21.9. The fraction of sp³-hybridized carbons (Fsp3) is 0.696. The number of hydrogen-bond acceptors (Lipinski definition) is 11. The lowest BCUT2D eigenvalue weighted by atomic mass is 9.94. The molecule has 4 heterocycles. The monoisotopic (exact) mass is 565 g/mol. The first-order valence-electron chi connectivity index (χ1n) is 12.6. The molecule has 39 heavy (non-hydrogen) atoms. The van der Waals surface area contributed by atoms with E-state index < -0.39 is 33.9 Å². The van der Waals surface area contributed by atoms with Gasteiger partial charge < -0.3 is 30.1 Å². The molecule has 0 aromatic carbocycles. The lowest BCUT2D eigenvalue weighted by molar-refractivity contribution is -0.157. The van der Waals surface area contributed by atoms with Crippen LogP contribution in [0.4, 0.5) is 4.79 Å². The molecule has 2 aromatic rings. The number of aromatic nitrogens is 6. The SMILES string of the molecule is CC(C)(C)OC(=O)N[C@@H]1C(=O)N2[C@@H]1SC(C)(C)[C@@H]2C(=O)N(CCn1cc(CO)nn1)CCn1cc(CO)nn1. The molecule has 0 unspecified atom stereocenters. The topological polar surface area (TPSA) is 181 Å². The molecule has 0 aliphatic carbocycles. The zero-order valence-corrected chi connectivity index (χ0v) is 23.5. The van der Waals surface area contributed by atoms with Crippen molar-refractivity contribution in [3.05, 3.63) is 23.8 Å². The highest BCUT2D eigenvalue weighted by Gasteiger charge is 2.64. The summed E-state index contributed by atoms with van der Waals surface area (Å²) in [6, 6.07) is -1.54. The number of thioether (sulfide) groups is 1. The molecule has 15 nitrogen and oxygen atoms in total. The van der Waals surface area contributed by atoms with Crippen molar-refractivity contribution in [3.8, 4) is 0 Å². The van der Waals surface area contributed by atoms with E-state index in [4.69, 9.17) is 4.74 Å². The molecule has 2 aliphatic rings. The van der Waals surface area contributed by atoms with Gasteiger partial charge in [-0.25, -0.2) is 4.79 Å². The van der Waals surface area contributed by atoms with E-state index in [1.54, 1.807) is 43.0 Å². The van der Waals surface area contributed by atoms with Gasteiger partial charge in [0.15, 0.2) is 0 Å². The Morgan fingerprint density at radius 3 is 2.08 bits per heavy atom. The maximum Gasteiger partial charge on any atom is 0.408 e. The van der Waals surface area contributed by atoms with Gasteiger partial charge in [-0.15, -0.1) is 22.0 Å².